The fourth-order valence-corrected chi connectivity index (χ4v) is 2.44. The van der Waals surface area contributed by atoms with E-state index in [1.54, 1.807) is 6.20 Å². The smallest absolute Gasteiger partial charge is 0.407 e. The lowest BCUT2D eigenvalue weighted by Crippen LogP contribution is -2.49. The van der Waals surface area contributed by atoms with E-state index in [1.807, 2.05) is 38.1 Å². The van der Waals surface area contributed by atoms with Crippen LogP contribution in [-0.4, -0.2) is 47.3 Å². The summed E-state index contributed by atoms with van der Waals surface area (Å²) < 4.78 is 5.06. The quantitative estimate of drug-likeness (QED) is 0.570. The Balaban J connectivity index is 2.12. The van der Waals surface area contributed by atoms with Gasteiger partial charge in [0, 0.05) is 23.5 Å². The molecule has 8 heteroatoms. The van der Waals surface area contributed by atoms with E-state index < -0.39 is 30.6 Å². The second kappa shape index (κ2) is 8.89. The molecule has 0 unspecified atom stereocenters. The third kappa shape index (κ3) is 5.51. The Morgan fingerprint density at radius 1 is 1.23 bits per heavy atom. The number of para-hydroxylation sites is 1. The van der Waals surface area contributed by atoms with Gasteiger partial charge in [0.05, 0.1) is 6.61 Å². The molecule has 0 radical (unpaired) electrons. The molecule has 0 aliphatic carbocycles. The Hall–Kier alpha value is -3.03. The number of H-pyrrole nitrogens is 1. The topological polar surface area (TPSA) is 121 Å². The van der Waals surface area contributed by atoms with Gasteiger partial charge in [-0.25, -0.2) is 4.79 Å². The van der Waals surface area contributed by atoms with Gasteiger partial charge in [-0.2, -0.15) is 0 Å². The van der Waals surface area contributed by atoms with Crippen LogP contribution in [-0.2, 0) is 20.7 Å². The van der Waals surface area contributed by atoms with Crippen molar-refractivity contribution in [2.75, 3.05) is 13.2 Å². The Kier molecular flexibility index (Phi) is 6.60. The number of hydrogen-bond donors (Lipinski definition) is 4. The first kappa shape index (κ1) is 19.3. The number of aliphatic carboxylic acids is 1. The van der Waals surface area contributed by atoms with Crippen LogP contribution >= 0.6 is 0 Å². The summed E-state index contributed by atoms with van der Waals surface area (Å²) in [7, 11) is 0. The second-order valence-electron chi connectivity index (χ2n) is 6.36. The molecule has 140 valence electrons. The molecule has 1 heterocycles. The lowest BCUT2D eigenvalue weighted by atomic mass is 10.0. The number of aromatic nitrogens is 1. The van der Waals surface area contributed by atoms with Gasteiger partial charge in [0.25, 0.3) is 0 Å². The Labute approximate surface area is 150 Å². The Bertz CT molecular complexity index is 784. The fourth-order valence-electron chi connectivity index (χ4n) is 2.44. The van der Waals surface area contributed by atoms with Crippen LogP contribution in [0.1, 0.15) is 19.4 Å². The molecule has 0 bridgehead atoms. The van der Waals surface area contributed by atoms with Crippen LogP contribution < -0.4 is 10.6 Å². The third-order valence-corrected chi connectivity index (χ3v) is 3.67. The minimum atomic E-state index is -1.16. The predicted molar refractivity (Wildman–Crippen MR) is 95.8 cm³/mol. The van der Waals surface area contributed by atoms with Crippen molar-refractivity contribution in [2.24, 2.45) is 5.92 Å². The molecule has 0 saturated carbocycles. The van der Waals surface area contributed by atoms with Gasteiger partial charge in [-0.15, -0.1) is 0 Å². The van der Waals surface area contributed by atoms with E-state index in [0.29, 0.717) is 0 Å². The van der Waals surface area contributed by atoms with Gasteiger partial charge in [0.2, 0.25) is 5.91 Å². The molecule has 4 N–H and O–H groups in total. The van der Waals surface area contributed by atoms with Crippen molar-refractivity contribution in [3.05, 3.63) is 36.0 Å². The van der Waals surface area contributed by atoms with E-state index in [2.05, 4.69) is 15.6 Å². The van der Waals surface area contributed by atoms with Crippen molar-refractivity contribution in [1.82, 2.24) is 15.6 Å². The fraction of sp³-hybridized carbons (Fsp3) is 0.389. The summed E-state index contributed by atoms with van der Waals surface area (Å²) in [5.41, 5.74) is 1.75. The Morgan fingerprint density at radius 2 is 1.96 bits per heavy atom. The van der Waals surface area contributed by atoms with Crippen LogP contribution in [0.15, 0.2) is 30.5 Å². The average Bonchev–Trinajstić information content (AvgIpc) is 3.00. The number of nitrogens with one attached hydrogen (secondary N) is 3. The standard InChI is InChI=1S/C18H23N3O5/c1-11(2)10-26-18(25)21-15(17(24)20-9-16(22)23)7-12-8-19-14-6-4-3-5-13(12)14/h3-6,8,11,15,19H,7,9-10H2,1-2H3,(H,20,24)(H,21,25)(H,22,23)/t15-/m1/s1. The molecule has 26 heavy (non-hydrogen) atoms. The number of alkyl carbamates (subject to hydrolysis) is 1. The molecule has 0 spiro atoms. The van der Waals surface area contributed by atoms with Gasteiger partial charge >= 0.3 is 12.1 Å². The summed E-state index contributed by atoms with van der Waals surface area (Å²) in [5.74, 6) is -1.58. The molecule has 0 aliphatic rings. The number of benzene rings is 1. The van der Waals surface area contributed by atoms with E-state index in [4.69, 9.17) is 9.84 Å². The highest BCUT2D eigenvalue weighted by molar-refractivity contribution is 5.89. The maximum absolute atomic E-state index is 12.3. The molecule has 0 saturated heterocycles. The maximum Gasteiger partial charge on any atom is 0.407 e. The molecular formula is C18H23N3O5. The first-order chi connectivity index (χ1) is 12.4. The molecule has 1 aromatic heterocycles. The minimum absolute atomic E-state index is 0.161. The average molecular weight is 361 g/mol. The van der Waals surface area contributed by atoms with Gasteiger partial charge in [-0.1, -0.05) is 32.0 Å². The van der Waals surface area contributed by atoms with Crippen LogP contribution in [0.2, 0.25) is 0 Å². The van der Waals surface area contributed by atoms with Crippen molar-refractivity contribution in [1.29, 1.82) is 0 Å². The molecule has 2 amide bonds. The zero-order chi connectivity index (χ0) is 19.1. The number of carboxylic acid groups (broad SMARTS) is 1. The predicted octanol–water partition coefficient (Wildman–Crippen LogP) is 1.66. The first-order valence-corrected chi connectivity index (χ1v) is 8.34. The molecule has 1 atom stereocenters. The summed E-state index contributed by atoms with van der Waals surface area (Å²) in [6, 6.07) is 6.63. The summed E-state index contributed by atoms with van der Waals surface area (Å²) in [6.07, 6.45) is 1.25. The van der Waals surface area contributed by atoms with Gasteiger partial charge < -0.3 is 25.5 Å². The monoisotopic (exact) mass is 361 g/mol. The van der Waals surface area contributed by atoms with Crippen molar-refractivity contribution < 1.29 is 24.2 Å². The molecule has 8 nitrogen and oxygen atoms in total. The maximum atomic E-state index is 12.3. The first-order valence-electron chi connectivity index (χ1n) is 8.34. The molecular weight excluding hydrogens is 338 g/mol. The van der Waals surface area contributed by atoms with Crippen LogP contribution in [0.25, 0.3) is 10.9 Å². The highest BCUT2D eigenvalue weighted by Crippen LogP contribution is 2.19. The minimum Gasteiger partial charge on any atom is -0.480 e. The number of carbonyl (C=O) groups is 3. The number of ether oxygens (including phenoxy) is 1. The normalized spacial score (nSPS) is 12.0. The number of aromatic amines is 1. The lowest BCUT2D eigenvalue weighted by molar-refractivity contribution is -0.138. The molecule has 2 aromatic rings. The van der Waals surface area contributed by atoms with E-state index in [0.717, 1.165) is 16.5 Å². The highest BCUT2D eigenvalue weighted by atomic mass is 16.5. The molecule has 2 rings (SSSR count). The van der Waals surface area contributed by atoms with Crippen molar-refractivity contribution in [3.63, 3.8) is 0 Å². The highest BCUT2D eigenvalue weighted by Gasteiger charge is 2.23. The summed E-state index contributed by atoms with van der Waals surface area (Å²) >= 11 is 0. The van der Waals surface area contributed by atoms with Crippen LogP contribution in [0.3, 0.4) is 0 Å². The SMILES string of the molecule is CC(C)COC(=O)N[C@H](Cc1c[nH]c2ccccc12)C(=O)NCC(=O)O. The van der Waals surface area contributed by atoms with Crippen molar-refractivity contribution >= 4 is 28.9 Å². The Morgan fingerprint density at radius 3 is 2.65 bits per heavy atom. The van der Waals surface area contributed by atoms with Crippen molar-refractivity contribution in [3.8, 4) is 0 Å². The number of carbonyl (C=O) groups excluding carboxylic acids is 2. The number of amides is 2. The molecule has 0 fully saturated rings. The van der Waals surface area contributed by atoms with Crippen LogP contribution in [0.5, 0.6) is 0 Å². The van der Waals surface area contributed by atoms with E-state index >= 15 is 0 Å². The van der Waals surface area contributed by atoms with Crippen LogP contribution in [0, 0.1) is 5.92 Å². The largest absolute Gasteiger partial charge is 0.480 e. The molecule has 1 aromatic carbocycles. The zero-order valence-corrected chi connectivity index (χ0v) is 14.7. The van der Waals surface area contributed by atoms with Gasteiger partial charge in [0.15, 0.2) is 0 Å². The third-order valence-electron chi connectivity index (χ3n) is 3.67. The number of hydrogen-bond acceptors (Lipinski definition) is 4. The zero-order valence-electron chi connectivity index (χ0n) is 14.7. The number of fused-ring (bicyclic) bond motifs is 1. The number of carboxylic acids is 1. The van der Waals surface area contributed by atoms with Crippen LogP contribution in [0.4, 0.5) is 4.79 Å². The summed E-state index contributed by atoms with van der Waals surface area (Å²) in [5, 5.41) is 14.5. The van der Waals surface area contributed by atoms with E-state index in [-0.39, 0.29) is 18.9 Å². The van der Waals surface area contributed by atoms with Crippen molar-refractivity contribution in [2.45, 2.75) is 26.3 Å². The van der Waals surface area contributed by atoms with Gasteiger partial charge in [-0.3, -0.25) is 9.59 Å². The van der Waals surface area contributed by atoms with E-state index in [9.17, 15) is 14.4 Å². The lowest BCUT2D eigenvalue weighted by Gasteiger charge is -2.18. The van der Waals surface area contributed by atoms with Gasteiger partial charge in [-0.05, 0) is 17.5 Å². The summed E-state index contributed by atoms with van der Waals surface area (Å²) in [6.45, 7) is 3.50. The van der Waals surface area contributed by atoms with Gasteiger partial charge in [0.1, 0.15) is 12.6 Å². The molecule has 0 aliphatic heterocycles. The second-order valence-corrected chi connectivity index (χ2v) is 6.36. The summed E-state index contributed by atoms with van der Waals surface area (Å²) in [4.78, 5) is 38.1. The van der Waals surface area contributed by atoms with E-state index in [1.165, 1.54) is 0 Å². The number of rotatable bonds is 8.